The zero-order chi connectivity index (χ0) is 10.7. The number of hydrogen-bond donors (Lipinski definition) is 0. The highest BCUT2D eigenvalue weighted by Crippen LogP contribution is 2.19. The molecule has 0 aliphatic carbocycles. The lowest BCUT2D eigenvalue weighted by Crippen LogP contribution is -2.16. The van der Waals surface area contributed by atoms with Crippen molar-refractivity contribution >= 4 is 45.9 Å². The molecule has 0 aliphatic rings. The predicted octanol–water partition coefficient (Wildman–Crippen LogP) is 2.30. The van der Waals surface area contributed by atoms with Gasteiger partial charge in [0.1, 0.15) is 0 Å². The Morgan fingerprint density at radius 1 is 1.43 bits per heavy atom. The van der Waals surface area contributed by atoms with Crippen LogP contribution in [0.4, 0.5) is 0 Å². The van der Waals surface area contributed by atoms with E-state index in [1.807, 2.05) is 22.6 Å². The van der Waals surface area contributed by atoms with Crippen LogP contribution in [-0.2, 0) is 9.53 Å². The molecule has 0 bridgehead atoms. The molecule has 0 aliphatic heterocycles. The third-order valence-electron chi connectivity index (χ3n) is 1.54. The number of Topliss-reactive ketones (excluding diaryl/α,β-unsaturated/α-hetero) is 1. The van der Waals surface area contributed by atoms with Crippen molar-refractivity contribution in [1.82, 2.24) is 0 Å². The number of hydrogen-bond acceptors (Lipinski definition) is 3. The third-order valence-corrected chi connectivity index (χ3v) is 2.54. The van der Waals surface area contributed by atoms with Crippen LogP contribution in [0.1, 0.15) is 10.4 Å². The predicted molar refractivity (Wildman–Crippen MR) is 60.5 cm³/mol. The number of rotatable bonds is 2. The molecule has 0 saturated carbocycles. The molecule has 74 valence electrons. The van der Waals surface area contributed by atoms with Crippen LogP contribution in [0.15, 0.2) is 18.2 Å². The van der Waals surface area contributed by atoms with Gasteiger partial charge in [-0.25, -0.2) is 4.79 Å². The van der Waals surface area contributed by atoms with Gasteiger partial charge in [0.25, 0.3) is 5.78 Å². The number of ketones is 1. The molecule has 14 heavy (non-hydrogen) atoms. The first-order valence-electron chi connectivity index (χ1n) is 3.64. The molecule has 0 aromatic heterocycles. The van der Waals surface area contributed by atoms with Gasteiger partial charge in [0.15, 0.2) is 0 Å². The van der Waals surface area contributed by atoms with E-state index in [1.54, 1.807) is 18.2 Å². The summed E-state index contributed by atoms with van der Waals surface area (Å²) in [5.74, 6) is -1.63. The van der Waals surface area contributed by atoms with Gasteiger partial charge < -0.3 is 4.74 Å². The van der Waals surface area contributed by atoms with E-state index in [0.29, 0.717) is 0 Å². The van der Waals surface area contributed by atoms with E-state index in [-0.39, 0.29) is 10.6 Å². The highest BCUT2D eigenvalue weighted by atomic mass is 127. The van der Waals surface area contributed by atoms with Crippen molar-refractivity contribution in [2.75, 3.05) is 7.11 Å². The largest absolute Gasteiger partial charge is 0.463 e. The highest BCUT2D eigenvalue weighted by molar-refractivity contribution is 14.1. The summed E-state index contributed by atoms with van der Waals surface area (Å²) in [6, 6.07) is 4.86. The molecular formula is C9H6ClIO3. The lowest BCUT2D eigenvalue weighted by Gasteiger charge is -2.01. The molecule has 0 atom stereocenters. The molecule has 5 heteroatoms. The van der Waals surface area contributed by atoms with Crippen LogP contribution in [0, 0.1) is 3.57 Å². The number of esters is 1. The zero-order valence-electron chi connectivity index (χ0n) is 7.21. The van der Waals surface area contributed by atoms with Gasteiger partial charge in [-0.2, -0.15) is 0 Å². The van der Waals surface area contributed by atoms with E-state index < -0.39 is 11.8 Å². The van der Waals surface area contributed by atoms with Crippen molar-refractivity contribution in [2.45, 2.75) is 0 Å². The van der Waals surface area contributed by atoms with E-state index in [9.17, 15) is 9.59 Å². The third kappa shape index (κ3) is 2.45. The van der Waals surface area contributed by atoms with Crippen molar-refractivity contribution in [1.29, 1.82) is 0 Å². The summed E-state index contributed by atoms with van der Waals surface area (Å²) in [6.07, 6.45) is 0. The van der Waals surface area contributed by atoms with Crippen molar-refractivity contribution in [3.8, 4) is 0 Å². The average molecular weight is 325 g/mol. The molecule has 1 aromatic rings. The van der Waals surface area contributed by atoms with Crippen LogP contribution < -0.4 is 0 Å². The lowest BCUT2D eigenvalue weighted by atomic mass is 10.1. The maximum absolute atomic E-state index is 11.4. The number of benzene rings is 1. The average Bonchev–Trinajstić information content (AvgIpc) is 2.19. The molecule has 0 radical (unpaired) electrons. The van der Waals surface area contributed by atoms with E-state index >= 15 is 0 Å². The van der Waals surface area contributed by atoms with Crippen LogP contribution in [0.5, 0.6) is 0 Å². The van der Waals surface area contributed by atoms with Gasteiger partial charge >= 0.3 is 5.97 Å². The van der Waals surface area contributed by atoms with Crippen molar-refractivity contribution in [3.63, 3.8) is 0 Å². The number of ether oxygens (including phenoxy) is 1. The summed E-state index contributed by atoms with van der Waals surface area (Å²) in [7, 11) is 1.15. The van der Waals surface area contributed by atoms with Gasteiger partial charge in [-0.05, 0) is 40.8 Å². The first-order valence-corrected chi connectivity index (χ1v) is 5.09. The Morgan fingerprint density at radius 2 is 2.07 bits per heavy atom. The fourth-order valence-corrected chi connectivity index (χ4v) is 1.57. The Balaban J connectivity index is 3.12. The fourth-order valence-electron chi connectivity index (χ4n) is 0.874. The standard InChI is InChI=1S/C9H6ClIO3/c1-14-9(13)8(12)6-4-5(11)2-3-7(6)10/h2-4H,1H3. The van der Waals surface area contributed by atoms with Gasteiger partial charge in [0.2, 0.25) is 0 Å². The first-order chi connectivity index (χ1) is 6.56. The first kappa shape index (κ1) is 11.5. The summed E-state index contributed by atoms with van der Waals surface area (Å²) >= 11 is 7.79. The van der Waals surface area contributed by atoms with Gasteiger partial charge in [0, 0.05) is 9.13 Å². The molecule has 3 nitrogen and oxygen atoms in total. The number of carbonyl (C=O) groups is 2. The van der Waals surface area contributed by atoms with Crippen LogP contribution in [0.2, 0.25) is 5.02 Å². The van der Waals surface area contributed by atoms with Gasteiger partial charge in [-0.15, -0.1) is 0 Å². The quantitative estimate of drug-likeness (QED) is 0.363. The molecule has 0 saturated heterocycles. The van der Waals surface area contributed by atoms with Crippen molar-refractivity contribution in [2.24, 2.45) is 0 Å². The zero-order valence-corrected chi connectivity index (χ0v) is 10.1. The number of halogens is 2. The van der Waals surface area contributed by atoms with E-state index in [4.69, 9.17) is 11.6 Å². The minimum Gasteiger partial charge on any atom is -0.463 e. The minimum atomic E-state index is -0.908. The molecule has 0 N–H and O–H groups in total. The Morgan fingerprint density at radius 3 is 2.64 bits per heavy atom. The molecule has 1 rings (SSSR count). The van der Waals surface area contributed by atoms with Crippen LogP contribution in [0.25, 0.3) is 0 Å². The summed E-state index contributed by atoms with van der Waals surface area (Å²) in [5.41, 5.74) is 0.172. The smallest absolute Gasteiger partial charge is 0.379 e. The van der Waals surface area contributed by atoms with Crippen LogP contribution in [-0.4, -0.2) is 18.9 Å². The lowest BCUT2D eigenvalue weighted by molar-refractivity contribution is -0.135. The Labute approximate surface area is 99.5 Å². The molecule has 0 unspecified atom stereocenters. The summed E-state index contributed by atoms with van der Waals surface area (Å²) in [4.78, 5) is 22.3. The summed E-state index contributed by atoms with van der Waals surface area (Å²) < 4.78 is 5.14. The SMILES string of the molecule is COC(=O)C(=O)c1cc(I)ccc1Cl. The van der Waals surface area contributed by atoms with Crippen molar-refractivity contribution < 1.29 is 14.3 Å². The maximum atomic E-state index is 11.4. The van der Waals surface area contributed by atoms with E-state index in [1.165, 1.54) is 0 Å². The maximum Gasteiger partial charge on any atom is 0.379 e. The Bertz CT molecular complexity index is 390. The highest BCUT2D eigenvalue weighted by Gasteiger charge is 2.19. The molecule has 0 spiro atoms. The molecule has 0 heterocycles. The molecule has 1 aromatic carbocycles. The Kier molecular flexibility index (Phi) is 3.88. The summed E-state index contributed by atoms with van der Waals surface area (Å²) in [5, 5.41) is 0.251. The van der Waals surface area contributed by atoms with Gasteiger partial charge in [0.05, 0.1) is 12.1 Å². The van der Waals surface area contributed by atoms with Crippen LogP contribution in [0.3, 0.4) is 0 Å². The van der Waals surface area contributed by atoms with Crippen LogP contribution >= 0.6 is 34.2 Å². The van der Waals surface area contributed by atoms with E-state index in [0.717, 1.165) is 10.7 Å². The Hall–Kier alpha value is -0.620. The van der Waals surface area contributed by atoms with Crippen molar-refractivity contribution in [3.05, 3.63) is 32.4 Å². The second kappa shape index (κ2) is 4.75. The van der Waals surface area contributed by atoms with Gasteiger partial charge in [-0.3, -0.25) is 4.79 Å². The molecule has 0 amide bonds. The minimum absolute atomic E-state index is 0.172. The molecule has 0 fully saturated rings. The van der Waals surface area contributed by atoms with E-state index in [2.05, 4.69) is 4.74 Å². The topological polar surface area (TPSA) is 43.4 Å². The summed E-state index contributed by atoms with van der Waals surface area (Å²) in [6.45, 7) is 0. The number of methoxy groups -OCH3 is 1. The number of carbonyl (C=O) groups excluding carboxylic acids is 2. The monoisotopic (exact) mass is 324 g/mol. The second-order valence-electron chi connectivity index (χ2n) is 2.44. The normalized spacial score (nSPS) is 9.64. The second-order valence-corrected chi connectivity index (χ2v) is 4.10. The van der Waals surface area contributed by atoms with Gasteiger partial charge in [-0.1, -0.05) is 11.6 Å². The molecular weight excluding hydrogens is 318 g/mol. The fraction of sp³-hybridized carbons (Fsp3) is 0.111.